The van der Waals surface area contributed by atoms with Gasteiger partial charge in [0.1, 0.15) is 5.82 Å². The molecule has 3 rings (SSSR count). The third-order valence-corrected chi connectivity index (χ3v) is 5.07. The van der Waals surface area contributed by atoms with Gasteiger partial charge in [-0.3, -0.25) is 0 Å². The van der Waals surface area contributed by atoms with E-state index in [9.17, 15) is 9.50 Å². The lowest BCUT2D eigenvalue weighted by molar-refractivity contribution is -0.0201. The van der Waals surface area contributed by atoms with Gasteiger partial charge in [-0.25, -0.2) is 4.39 Å². The molecule has 2 atom stereocenters. The van der Waals surface area contributed by atoms with Gasteiger partial charge in [-0.1, -0.05) is 24.1 Å². The van der Waals surface area contributed by atoms with Crippen LogP contribution in [0, 0.1) is 17.7 Å². The van der Waals surface area contributed by atoms with Crippen LogP contribution in [-0.4, -0.2) is 10.7 Å². The minimum atomic E-state index is -0.767. The molecule has 0 spiro atoms. The lowest BCUT2D eigenvalue weighted by Gasteiger charge is -2.37. The van der Waals surface area contributed by atoms with Gasteiger partial charge in [-0.05, 0) is 56.1 Å². The number of rotatable bonds is 3. The van der Waals surface area contributed by atoms with Crippen molar-refractivity contribution in [2.24, 2.45) is 11.8 Å². The van der Waals surface area contributed by atoms with Crippen LogP contribution in [0.2, 0.25) is 5.02 Å². The average molecular weight is 283 g/mol. The molecular weight excluding hydrogens is 263 g/mol. The highest BCUT2D eigenvalue weighted by Gasteiger charge is 2.41. The summed E-state index contributed by atoms with van der Waals surface area (Å²) in [7, 11) is 0. The Hall–Kier alpha value is -0.600. The first-order valence-corrected chi connectivity index (χ1v) is 7.60. The predicted octanol–water partition coefficient (Wildman–Crippen LogP) is 4.35. The molecule has 104 valence electrons. The van der Waals surface area contributed by atoms with Crippen molar-refractivity contribution in [3.63, 3.8) is 0 Å². The number of benzene rings is 1. The molecular formula is C16H20ClFO. The summed E-state index contributed by atoms with van der Waals surface area (Å²) in [5.74, 6) is 1.14. The van der Waals surface area contributed by atoms with Crippen molar-refractivity contribution >= 4 is 11.6 Å². The van der Waals surface area contributed by atoms with Crippen molar-refractivity contribution < 1.29 is 9.50 Å². The van der Waals surface area contributed by atoms with Crippen LogP contribution in [0.3, 0.4) is 0 Å². The van der Waals surface area contributed by atoms with Crippen LogP contribution >= 0.6 is 11.6 Å². The van der Waals surface area contributed by atoms with E-state index in [4.69, 9.17) is 11.6 Å². The number of hydrogen-bond donors (Lipinski definition) is 1. The zero-order valence-electron chi connectivity index (χ0n) is 11.0. The monoisotopic (exact) mass is 282 g/mol. The minimum absolute atomic E-state index is 0.297. The van der Waals surface area contributed by atoms with Crippen molar-refractivity contribution in [2.75, 3.05) is 0 Å². The van der Waals surface area contributed by atoms with Crippen molar-refractivity contribution in [3.05, 3.63) is 34.6 Å². The highest BCUT2D eigenvalue weighted by Crippen LogP contribution is 2.47. The first-order valence-electron chi connectivity index (χ1n) is 7.23. The predicted molar refractivity (Wildman–Crippen MR) is 74.7 cm³/mol. The normalized spacial score (nSPS) is 31.4. The molecule has 2 aliphatic carbocycles. The molecule has 0 bridgehead atoms. The zero-order chi connectivity index (χ0) is 13.5. The Morgan fingerprint density at radius 2 is 2.05 bits per heavy atom. The van der Waals surface area contributed by atoms with Gasteiger partial charge in [-0.15, -0.1) is 0 Å². The quantitative estimate of drug-likeness (QED) is 0.874. The van der Waals surface area contributed by atoms with Crippen molar-refractivity contribution in [1.29, 1.82) is 0 Å². The highest BCUT2D eigenvalue weighted by molar-refractivity contribution is 6.31. The van der Waals surface area contributed by atoms with E-state index in [-0.39, 0.29) is 5.82 Å². The molecule has 2 unspecified atom stereocenters. The van der Waals surface area contributed by atoms with Crippen LogP contribution in [0.5, 0.6) is 0 Å². The van der Waals surface area contributed by atoms with Crippen LogP contribution < -0.4 is 0 Å². The summed E-state index contributed by atoms with van der Waals surface area (Å²) in [5.41, 5.74) is -0.291. The molecule has 0 radical (unpaired) electrons. The maximum atomic E-state index is 13.8. The molecule has 1 aromatic carbocycles. The van der Waals surface area contributed by atoms with E-state index in [1.807, 2.05) is 0 Å². The molecule has 3 heteroatoms. The van der Waals surface area contributed by atoms with Crippen LogP contribution in [-0.2, 0) is 6.42 Å². The molecule has 2 fully saturated rings. The number of hydrogen-bond acceptors (Lipinski definition) is 1. The lowest BCUT2D eigenvalue weighted by Crippen LogP contribution is -2.38. The summed E-state index contributed by atoms with van der Waals surface area (Å²) in [6.07, 6.45) is 6.80. The van der Waals surface area contributed by atoms with E-state index in [2.05, 4.69) is 0 Å². The Morgan fingerprint density at radius 1 is 1.26 bits per heavy atom. The van der Waals surface area contributed by atoms with Gasteiger partial charge in [0.25, 0.3) is 0 Å². The van der Waals surface area contributed by atoms with Crippen LogP contribution in [0.15, 0.2) is 18.2 Å². The average Bonchev–Trinajstić information content (AvgIpc) is 3.18. The largest absolute Gasteiger partial charge is 0.390 e. The fourth-order valence-corrected chi connectivity index (χ4v) is 3.78. The second kappa shape index (κ2) is 5.06. The third-order valence-electron chi connectivity index (χ3n) is 4.72. The smallest absolute Gasteiger partial charge is 0.127 e. The molecule has 1 nitrogen and oxygen atoms in total. The Labute approximate surface area is 118 Å². The zero-order valence-corrected chi connectivity index (χ0v) is 11.8. The highest BCUT2D eigenvalue weighted by atomic mass is 35.5. The molecule has 1 N–H and O–H groups in total. The van der Waals surface area contributed by atoms with Gasteiger partial charge in [0.05, 0.1) is 5.60 Å². The molecule has 1 aromatic rings. The Balaban J connectivity index is 1.77. The third kappa shape index (κ3) is 2.95. The van der Waals surface area contributed by atoms with Crippen molar-refractivity contribution in [2.45, 2.75) is 50.5 Å². The molecule has 0 saturated heterocycles. The van der Waals surface area contributed by atoms with E-state index in [0.717, 1.165) is 25.2 Å². The fraction of sp³-hybridized carbons (Fsp3) is 0.625. The topological polar surface area (TPSA) is 20.2 Å². The van der Waals surface area contributed by atoms with Crippen LogP contribution in [0.4, 0.5) is 4.39 Å². The summed E-state index contributed by atoms with van der Waals surface area (Å²) in [4.78, 5) is 0. The van der Waals surface area contributed by atoms with E-state index in [0.29, 0.717) is 22.9 Å². The molecule has 2 aliphatic rings. The maximum absolute atomic E-state index is 13.8. The van der Waals surface area contributed by atoms with Gasteiger partial charge in [-0.2, -0.15) is 0 Å². The van der Waals surface area contributed by atoms with E-state index in [1.54, 1.807) is 12.1 Å². The van der Waals surface area contributed by atoms with Crippen molar-refractivity contribution in [3.8, 4) is 0 Å². The van der Waals surface area contributed by atoms with Gasteiger partial charge in [0.15, 0.2) is 0 Å². The van der Waals surface area contributed by atoms with Crippen molar-refractivity contribution in [1.82, 2.24) is 0 Å². The molecule has 0 aliphatic heterocycles. The SMILES string of the molecule is OC1(Cc2c(F)cccc2Cl)CCCC(C2CC2)C1. The second-order valence-electron chi connectivity index (χ2n) is 6.30. The summed E-state index contributed by atoms with van der Waals surface area (Å²) in [5, 5.41) is 11.2. The van der Waals surface area contributed by atoms with Crippen LogP contribution in [0.25, 0.3) is 0 Å². The summed E-state index contributed by atoms with van der Waals surface area (Å²) in [6.45, 7) is 0. The van der Waals surface area contributed by atoms with Gasteiger partial charge < -0.3 is 5.11 Å². The summed E-state index contributed by atoms with van der Waals surface area (Å²) in [6, 6.07) is 4.73. The summed E-state index contributed by atoms with van der Waals surface area (Å²) >= 11 is 6.07. The summed E-state index contributed by atoms with van der Waals surface area (Å²) < 4.78 is 13.8. The van der Waals surface area contributed by atoms with Gasteiger partial charge in [0, 0.05) is 17.0 Å². The standard InChI is InChI=1S/C16H20ClFO/c17-14-4-1-5-15(18)13(14)10-16(19)8-2-3-12(9-16)11-6-7-11/h1,4-5,11-12,19H,2-3,6-10H2. The number of aliphatic hydroxyl groups is 1. The minimum Gasteiger partial charge on any atom is -0.390 e. The van der Waals surface area contributed by atoms with E-state index in [1.165, 1.54) is 25.3 Å². The van der Waals surface area contributed by atoms with Gasteiger partial charge in [0.2, 0.25) is 0 Å². The van der Waals surface area contributed by atoms with Gasteiger partial charge >= 0.3 is 0 Å². The fourth-order valence-electron chi connectivity index (χ4n) is 3.55. The Morgan fingerprint density at radius 3 is 2.74 bits per heavy atom. The first kappa shape index (κ1) is 13.4. The van der Waals surface area contributed by atoms with E-state index < -0.39 is 5.60 Å². The number of halogens is 2. The molecule has 19 heavy (non-hydrogen) atoms. The first-order chi connectivity index (χ1) is 9.07. The molecule has 0 aromatic heterocycles. The molecule has 0 amide bonds. The van der Waals surface area contributed by atoms with E-state index >= 15 is 0 Å². The Kier molecular flexibility index (Phi) is 3.57. The van der Waals surface area contributed by atoms with Crippen LogP contribution in [0.1, 0.15) is 44.1 Å². The second-order valence-corrected chi connectivity index (χ2v) is 6.70. The maximum Gasteiger partial charge on any atom is 0.127 e. The molecule has 0 heterocycles. The Bertz CT molecular complexity index is 452. The lowest BCUT2D eigenvalue weighted by atomic mass is 9.73. The molecule has 2 saturated carbocycles.